The molecular formula is C23H20N2O7S. The van der Waals surface area contributed by atoms with Crippen molar-refractivity contribution in [2.24, 2.45) is 4.99 Å². The Morgan fingerprint density at radius 1 is 1.00 bits per heavy atom. The van der Waals surface area contributed by atoms with E-state index < -0.39 is 23.8 Å². The summed E-state index contributed by atoms with van der Waals surface area (Å²) in [5, 5.41) is 0.0554. The number of carbonyl (C=O) groups is 4. The minimum atomic E-state index is -0.716. The van der Waals surface area contributed by atoms with Crippen molar-refractivity contribution in [2.45, 2.75) is 6.92 Å². The van der Waals surface area contributed by atoms with Crippen LogP contribution in [0.25, 0.3) is 0 Å². The topological polar surface area (TPSA) is 112 Å². The monoisotopic (exact) mass is 468 g/mol. The first-order valence-electron chi connectivity index (χ1n) is 9.74. The minimum absolute atomic E-state index is 0.0394. The largest absolute Gasteiger partial charge is 0.497 e. The lowest BCUT2D eigenvalue weighted by Crippen LogP contribution is -2.29. The summed E-state index contributed by atoms with van der Waals surface area (Å²) in [5.74, 6) is -1.78. The highest BCUT2D eigenvalue weighted by molar-refractivity contribution is 8.19. The van der Waals surface area contributed by atoms with Crippen LogP contribution in [-0.2, 0) is 19.1 Å². The van der Waals surface area contributed by atoms with Crippen molar-refractivity contribution in [3.8, 4) is 5.75 Å². The predicted molar refractivity (Wildman–Crippen MR) is 122 cm³/mol. The number of anilines is 1. The average Bonchev–Trinajstić information content (AvgIpc) is 3.13. The normalized spacial score (nSPS) is 15.6. The fraction of sp³-hybridized carbons (Fsp3) is 0.174. The van der Waals surface area contributed by atoms with Gasteiger partial charge in [-0.05, 0) is 67.2 Å². The third kappa shape index (κ3) is 5.47. The molecule has 0 saturated carbocycles. The van der Waals surface area contributed by atoms with Gasteiger partial charge in [0.1, 0.15) is 5.75 Å². The Morgan fingerprint density at radius 3 is 2.21 bits per heavy atom. The Bertz CT molecular complexity index is 1140. The van der Waals surface area contributed by atoms with Crippen LogP contribution in [-0.4, -0.2) is 49.7 Å². The molecule has 0 bridgehead atoms. The number of aliphatic imine (C=N–C) groups is 1. The third-order valence-electron chi connectivity index (χ3n) is 4.43. The van der Waals surface area contributed by atoms with Crippen LogP contribution in [0.2, 0.25) is 0 Å². The van der Waals surface area contributed by atoms with Gasteiger partial charge in [0.2, 0.25) is 0 Å². The lowest BCUT2D eigenvalue weighted by Gasteiger charge is -2.16. The number of esters is 2. The van der Waals surface area contributed by atoms with Gasteiger partial charge in [0, 0.05) is 11.6 Å². The second kappa shape index (κ2) is 10.6. The molecule has 1 aliphatic heterocycles. The first-order chi connectivity index (χ1) is 15.9. The van der Waals surface area contributed by atoms with Crippen molar-refractivity contribution in [3.05, 3.63) is 70.6 Å². The molecule has 1 heterocycles. The quantitative estimate of drug-likeness (QED) is 0.469. The van der Waals surface area contributed by atoms with Gasteiger partial charge >= 0.3 is 11.9 Å². The summed E-state index contributed by atoms with van der Waals surface area (Å²) in [6.07, 6.45) is 1.04. The van der Waals surface area contributed by atoms with Crippen molar-refractivity contribution in [1.29, 1.82) is 0 Å². The Morgan fingerprint density at radius 2 is 1.64 bits per heavy atom. The molecule has 0 atom stereocenters. The zero-order valence-corrected chi connectivity index (χ0v) is 18.9. The maximum absolute atomic E-state index is 13.0. The van der Waals surface area contributed by atoms with Gasteiger partial charge in [0.15, 0.2) is 5.17 Å². The van der Waals surface area contributed by atoms with E-state index in [0.29, 0.717) is 22.6 Å². The number of amidine groups is 1. The van der Waals surface area contributed by atoms with Crippen LogP contribution in [0.15, 0.2) is 64.5 Å². The summed E-state index contributed by atoms with van der Waals surface area (Å²) in [5.41, 5.74) is 0.951. The molecule has 0 aliphatic carbocycles. The highest BCUT2D eigenvalue weighted by atomic mass is 32.2. The molecule has 0 N–H and O–H groups in total. The molecule has 0 unspecified atom stereocenters. The van der Waals surface area contributed by atoms with Gasteiger partial charge in [-0.1, -0.05) is 0 Å². The van der Waals surface area contributed by atoms with E-state index in [1.165, 1.54) is 43.4 Å². The van der Waals surface area contributed by atoms with Crippen LogP contribution in [0, 0.1) is 0 Å². The highest BCUT2D eigenvalue weighted by Crippen LogP contribution is 2.35. The van der Waals surface area contributed by atoms with Crippen LogP contribution in [0.4, 0.5) is 5.69 Å². The summed E-state index contributed by atoms with van der Waals surface area (Å²) in [7, 11) is 2.70. The van der Waals surface area contributed by atoms with Crippen LogP contribution >= 0.6 is 11.8 Å². The average molecular weight is 468 g/mol. The predicted octanol–water partition coefficient (Wildman–Crippen LogP) is 3.21. The number of carbonyl (C=O) groups excluding carboxylic acids is 4. The van der Waals surface area contributed by atoms with Crippen LogP contribution in [0.3, 0.4) is 0 Å². The molecule has 1 fully saturated rings. The van der Waals surface area contributed by atoms with Crippen LogP contribution in [0.5, 0.6) is 5.75 Å². The van der Waals surface area contributed by atoms with E-state index in [4.69, 9.17) is 9.47 Å². The number of ether oxygens (including phenoxy) is 3. The van der Waals surface area contributed by atoms with Gasteiger partial charge < -0.3 is 14.2 Å². The van der Waals surface area contributed by atoms with Gasteiger partial charge in [-0.2, -0.15) is 4.99 Å². The van der Waals surface area contributed by atoms with E-state index in [-0.39, 0.29) is 16.7 Å². The number of methoxy groups -OCH3 is 2. The Kier molecular flexibility index (Phi) is 7.62. The summed E-state index contributed by atoms with van der Waals surface area (Å²) in [6, 6.07) is 12.4. The minimum Gasteiger partial charge on any atom is -0.497 e. The van der Waals surface area contributed by atoms with Crippen LogP contribution in [0.1, 0.15) is 27.6 Å². The van der Waals surface area contributed by atoms with E-state index >= 15 is 0 Å². The zero-order chi connectivity index (χ0) is 24.0. The number of benzene rings is 2. The molecule has 0 radical (unpaired) electrons. The summed E-state index contributed by atoms with van der Waals surface area (Å²) in [6.45, 7) is 1.93. The molecular weight excluding hydrogens is 448 g/mol. The second-order valence-corrected chi connectivity index (χ2v) is 7.48. The second-order valence-electron chi connectivity index (χ2n) is 6.47. The van der Waals surface area contributed by atoms with Crippen molar-refractivity contribution in [3.63, 3.8) is 0 Å². The molecule has 9 nitrogen and oxygen atoms in total. The summed E-state index contributed by atoms with van der Waals surface area (Å²) in [4.78, 5) is 54.7. The lowest BCUT2D eigenvalue weighted by atomic mass is 10.2. The first kappa shape index (κ1) is 23.7. The van der Waals surface area contributed by atoms with Crippen LogP contribution < -0.4 is 9.64 Å². The number of hydrogen-bond donors (Lipinski definition) is 0. The number of rotatable bonds is 6. The molecule has 0 spiro atoms. The Hall–Kier alpha value is -3.92. The van der Waals surface area contributed by atoms with E-state index in [1.807, 2.05) is 0 Å². The number of amides is 2. The Labute approximate surface area is 194 Å². The molecule has 2 aromatic rings. The van der Waals surface area contributed by atoms with Crippen molar-refractivity contribution >= 4 is 46.4 Å². The molecule has 10 heteroatoms. The zero-order valence-electron chi connectivity index (χ0n) is 18.1. The molecule has 33 heavy (non-hydrogen) atoms. The molecule has 3 rings (SSSR count). The first-order valence-corrected chi connectivity index (χ1v) is 10.6. The molecule has 1 aliphatic rings. The van der Waals surface area contributed by atoms with Crippen molar-refractivity contribution in [2.75, 3.05) is 25.7 Å². The number of thioether (sulfide) groups is 1. The maximum Gasteiger partial charge on any atom is 0.338 e. The van der Waals surface area contributed by atoms with Crippen molar-refractivity contribution < 1.29 is 33.4 Å². The van der Waals surface area contributed by atoms with E-state index in [9.17, 15) is 19.2 Å². The van der Waals surface area contributed by atoms with E-state index in [1.54, 1.807) is 31.2 Å². The van der Waals surface area contributed by atoms with Crippen molar-refractivity contribution in [1.82, 2.24) is 0 Å². The fourth-order valence-corrected chi connectivity index (χ4v) is 3.73. The molecule has 2 aromatic carbocycles. The van der Waals surface area contributed by atoms with Gasteiger partial charge in [-0.25, -0.2) is 9.59 Å². The Balaban J connectivity index is 1.98. The number of hydrogen-bond acceptors (Lipinski definition) is 8. The standard InChI is InChI=1S/C23H20N2O7S/c1-4-32-22(29)15-5-9-16(10-6-15)25-21(28)18(13-19(26)31-3)33-23(25)24-20(27)14-7-11-17(30-2)12-8-14/h5-13H,4H2,1-3H3/b18-13-,24-23?. The lowest BCUT2D eigenvalue weighted by molar-refractivity contribution is -0.135. The summed E-state index contributed by atoms with van der Waals surface area (Å²) < 4.78 is 14.7. The summed E-state index contributed by atoms with van der Waals surface area (Å²) >= 11 is 0.864. The highest BCUT2D eigenvalue weighted by Gasteiger charge is 2.36. The van der Waals surface area contributed by atoms with Gasteiger partial charge in [0.25, 0.3) is 11.8 Å². The maximum atomic E-state index is 13.0. The van der Waals surface area contributed by atoms with Gasteiger partial charge in [0.05, 0.1) is 37.0 Å². The number of nitrogens with zero attached hydrogens (tertiary/aromatic N) is 2. The third-order valence-corrected chi connectivity index (χ3v) is 5.40. The van der Waals surface area contributed by atoms with E-state index in [0.717, 1.165) is 17.8 Å². The molecule has 170 valence electrons. The molecule has 1 saturated heterocycles. The van der Waals surface area contributed by atoms with Gasteiger partial charge in [-0.15, -0.1) is 0 Å². The van der Waals surface area contributed by atoms with Gasteiger partial charge in [-0.3, -0.25) is 14.5 Å². The molecule has 0 aromatic heterocycles. The smallest absolute Gasteiger partial charge is 0.338 e. The SMILES string of the molecule is CCOC(=O)c1ccc(N2C(=O)/C(=C/C(=O)OC)SC2=NC(=O)c2ccc(OC)cc2)cc1. The molecule has 2 amide bonds. The van der Waals surface area contributed by atoms with E-state index in [2.05, 4.69) is 9.73 Å². The fourth-order valence-electron chi connectivity index (χ4n) is 2.79.